The number of fused-ring (bicyclic) bond motifs is 1. The van der Waals surface area contributed by atoms with Gasteiger partial charge in [0.1, 0.15) is 5.75 Å². The number of anilines is 1. The van der Waals surface area contributed by atoms with E-state index >= 15 is 0 Å². The maximum atomic E-state index is 12.5. The highest BCUT2D eigenvalue weighted by Crippen LogP contribution is 2.25. The second kappa shape index (κ2) is 6.44. The fourth-order valence-corrected chi connectivity index (χ4v) is 2.23. The SMILES string of the molecule is CC(C)Oc1ccccc1NC(=O)c1ccc2nccnc2c1. The summed E-state index contributed by atoms with van der Waals surface area (Å²) >= 11 is 0. The predicted octanol–water partition coefficient (Wildman–Crippen LogP) is 3.67. The number of hydrogen-bond acceptors (Lipinski definition) is 4. The van der Waals surface area contributed by atoms with Crippen LogP contribution in [0.25, 0.3) is 11.0 Å². The molecule has 0 saturated heterocycles. The van der Waals surface area contributed by atoms with E-state index in [1.165, 1.54) is 0 Å². The zero-order chi connectivity index (χ0) is 16.2. The Hall–Kier alpha value is -2.95. The largest absolute Gasteiger partial charge is 0.489 e. The van der Waals surface area contributed by atoms with Crippen LogP contribution >= 0.6 is 0 Å². The van der Waals surface area contributed by atoms with Crippen LogP contribution in [0.3, 0.4) is 0 Å². The van der Waals surface area contributed by atoms with Crippen LogP contribution < -0.4 is 10.1 Å². The Morgan fingerprint density at radius 3 is 2.57 bits per heavy atom. The summed E-state index contributed by atoms with van der Waals surface area (Å²) in [5, 5.41) is 2.88. The fraction of sp³-hybridized carbons (Fsp3) is 0.167. The summed E-state index contributed by atoms with van der Waals surface area (Å²) in [6.45, 7) is 3.89. The Morgan fingerprint density at radius 1 is 1.04 bits per heavy atom. The van der Waals surface area contributed by atoms with E-state index in [0.29, 0.717) is 22.5 Å². The molecule has 0 spiro atoms. The van der Waals surface area contributed by atoms with E-state index in [0.717, 1.165) is 5.52 Å². The summed E-state index contributed by atoms with van der Waals surface area (Å²) < 4.78 is 5.72. The van der Waals surface area contributed by atoms with Gasteiger partial charge in [-0.05, 0) is 44.2 Å². The zero-order valence-corrected chi connectivity index (χ0v) is 13.0. The summed E-state index contributed by atoms with van der Waals surface area (Å²) in [5.41, 5.74) is 2.61. The first-order valence-corrected chi connectivity index (χ1v) is 7.41. The van der Waals surface area contributed by atoms with Crippen molar-refractivity contribution < 1.29 is 9.53 Å². The molecular weight excluding hydrogens is 290 g/mol. The van der Waals surface area contributed by atoms with E-state index in [1.54, 1.807) is 30.6 Å². The molecule has 116 valence electrons. The summed E-state index contributed by atoms with van der Waals surface area (Å²) in [5.74, 6) is 0.439. The number of carbonyl (C=O) groups is 1. The Labute approximate surface area is 134 Å². The van der Waals surface area contributed by atoms with Crippen molar-refractivity contribution in [2.75, 3.05) is 5.32 Å². The molecule has 0 bridgehead atoms. The first-order chi connectivity index (χ1) is 11.1. The van der Waals surface area contributed by atoms with Gasteiger partial charge in [0.2, 0.25) is 0 Å². The normalized spacial score (nSPS) is 10.7. The molecular formula is C18H17N3O2. The highest BCUT2D eigenvalue weighted by molar-refractivity contribution is 6.06. The first-order valence-electron chi connectivity index (χ1n) is 7.41. The number of benzene rings is 2. The van der Waals surface area contributed by atoms with Crippen LogP contribution in [0.4, 0.5) is 5.69 Å². The van der Waals surface area contributed by atoms with Crippen LogP contribution in [-0.4, -0.2) is 22.0 Å². The molecule has 0 aliphatic carbocycles. The molecule has 1 N–H and O–H groups in total. The number of amides is 1. The Morgan fingerprint density at radius 2 is 1.78 bits per heavy atom. The first kappa shape index (κ1) is 15.0. The lowest BCUT2D eigenvalue weighted by atomic mass is 10.1. The van der Waals surface area contributed by atoms with Crippen molar-refractivity contribution in [1.82, 2.24) is 9.97 Å². The molecule has 0 radical (unpaired) electrons. The van der Waals surface area contributed by atoms with E-state index in [1.807, 2.05) is 38.1 Å². The van der Waals surface area contributed by atoms with Crippen molar-refractivity contribution >= 4 is 22.6 Å². The number of rotatable bonds is 4. The van der Waals surface area contributed by atoms with Gasteiger partial charge in [-0.3, -0.25) is 14.8 Å². The topological polar surface area (TPSA) is 64.1 Å². The molecule has 1 amide bonds. The van der Waals surface area contributed by atoms with Crippen LogP contribution in [0.1, 0.15) is 24.2 Å². The molecule has 2 aromatic carbocycles. The van der Waals surface area contributed by atoms with Crippen molar-refractivity contribution in [1.29, 1.82) is 0 Å². The van der Waals surface area contributed by atoms with Crippen molar-refractivity contribution in [3.63, 3.8) is 0 Å². The molecule has 0 atom stereocenters. The molecule has 5 nitrogen and oxygen atoms in total. The highest BCUT2D eigenvalue weighted by Gasteiger charge is 2.11. The highest BCUT2D eigenvalue weighted by atomic mass is 16.5. The number of nitrogens with zero attached hydrogens (tertiary/aromatic N) is 2. The third-order valence-electron chi connectivity index (χ3n) is 3.23. The number of ether oxygens (including phenoxy) is 1. The minimum absolute atomic E-state index is 0.0315. The fourth-order valence-electron chi connectivity index (χ4n) is 2.23. The molecule has 3 aromatic rings. The second-order valence-electron chi connectivity index (χ2n) is 5.38. The van der Waals surface area contributed by atoms with E-state index in [2.05, 4.69) is 15.3 Å². The van der Waals surface area contributed by atoms with Crippen LogP contribution in [0.2, 0.25) is 0 Å². The molecule has 0 saturated carbocycles. The summed E-state index contributed by atoms with van der Waals surface area (Å²) in [4.78, 5) is 20.9. The second-order valence-corrected chi connectivity index (χ2v) is 5.38. The van der Waals surface area contributed by atoms with Crippen molar-refractivity contribution in [2.24, 2.45) is 0 Å². The lowest BCUT2D eigenvalue weighted by Crippen LogP contribution is -2.14. The van der Waals surface area contributed by atoms with Crippen LogP contribution in [0.5, 0.6) is 5.75 Å². The van der Waals surface area contributed by atoms with Crippen LogP contribution in [0, 0.1) is 0 Å². The lowest BCUT2D eigenvalue weighted by molar-refractivity contribution is 0.102. The standard InChI is InChI=1S/C18H17N3O2/c1-12(2)23-17-6-4-3-5-15(17)21-18(22)13-7-8-14-16(11-13)20-10-9-19-14/h3-12H,1-2H3,(H,21,22). The van der Waals surface area contributed by atoms with E-state index in [4.69, 9.17) is 4.74 Å². The van der Waals surface area contributed by atoms with Crippen molar-refractivity contribution in [3.8, 4) is 5.75 Å². The molecule has 0 aliphatic rings. The van der Waals surface area contributed by atoms with Gasteiger partial charge in [0.05, 0.1) is 22.8 Å². The van der Waals surface area contributed by atoms with Gasteiger partial charge >= 0.3 is 0 Å². The molecule has 3 rings (SSSR count). The van der Waals surface area contributed by atoms with Gasteiger partial charge in [-0.25, -0.2) is 0 Å². The minimum atomic E-state index is -0.211. The maximum absolute atomic E-state index is 12.5. The Kier molecular flexibility index (Phi) is 4.19. The number of para-hydroxylation sites is 2. The molecule has 0 aliphatic heterocycles. The molecule has 23 heavy (non-hydrogen) atoms. The van der Waals surface area contributed by atoms with Gasteiger partial charge in [-0.1, -0.05) is 12.1 Å². The molecule has 1 aromatic heterocycles. The third kappa shape index (κ3) is 3.45. The van der Waals surface area contributed by atoms with E-state index in [9.17, 15) is 4.79 Å². The molecule has 1 heterocycles. The van der Waals surface area contributed by atoms with Gasteiger partial charge < -0.3 is 10.1 Å². The Balaban J connectivity index is 1.86. The summed E-state index contributed by atoms with van der Waals surface area (Å²) in [6, 6.07) is 12.6. The maximum Gasteiger partial charge on any atom is 0.255 e. The van der Waals surface area contributed by atoms with Gasteiger partial charge in [-0.15, -0.1) is 0 Å². The van der Waals surface area contributed by atoms with Crippen molar-refractivity contribution in [2.45, 2.75) is 20.0 Å². The average molecular weight is 307 g/mol. The number of nitrogens with one attached hydrogen (secondary N) is 1. The lowest BCUT2D eigenvalue weighted by Gasteiger charge is -2.14. The van der Waals surface area contributed by atoms with Crippen molar-refractivity contribution in [3.05, 3.63) is 60.4 Å². The summed E-state index contributed by atoms with van der Waals surface area (Å²) in [6.07, 6.45) is 3.26. The van der Waals surface area contributed by atoms with Gasteiger partial charge in [-0.2, -0.15) is 0 Å². The summed E-state index contributed by atoms with van der Waals surface area (Å²) in [7, 11) is 0. The molecule has 0 unspecified atom stereocenters. The van der Waals surface area contributed by atoms with E-state index < -0.39 is 0 Å². The minimum Gasteiger partial charge on any atom is -0.489 e. The number of aromatic nitrogens is 2. The molecule has 5 heteroatoms. The zero-order valence-electron chi connectivity index (χ0n) is 13.0. The predicted molar refractivity (Wildman–Crippen MR) is 89.7 cm³/mol. The van der Waals surface area contributed by atoms with Gasteiger partial charge in [0.15, 0.2) is 0 Å². The quantitative estimate of drug-likeness (QED) is 0.798. The van der Waals surface area contributed by atoms with Crippen LogP contribution in [0.15, 0.2) is 54.9 Å². The molecule has 0 fully saturated rings. The average Bonchev–Trinajstić information content (AvgIpc) is 2.55. The van der Waals surface area contributed by atoms with Gasteiger partial charge in [0.25, 0.3) is 5.91 Å². The van der Waals surface area contributed by atoms with Gasteiger partial charge in [0, 0.05) is 18.0 Å². The Bertz CT molecular complexity index is 846. The monoisotopic (exact) mass is 307 g/mol. The third-order valence-corrected chi connectivity index (χ3v) is 3.23. The van der Waals surface area contributed by atoms with Crippen LogP contribution in [-0.2, 0) is 0 Å². The smallest absolute Gasteiger partial charge is 0.255 e. The number of carbonyl (C=O) groups excluding carboxylic acids is 1. The number of hydrogen-bond donors (Lipinski definition) is 1. The van der Waals surface area contributed by atoms with E-state index in [-0.39, 0.29) is 12.0 Å².